The van der Waals surface area contributed by atoms with Gasteiger partial charge in [0.1, 0.15) is 0 Å². The van der Waals surface area contributed by atoms with Gasteiger partial charge >= 0.3 is 0 Å². The van der Waals surface area contributed by atoms with Crippen LogP contribution in [0.5, 0.6) is 0 Å². The first-order chi connectivity index (χ1) is 11.0. The van der Waals surface area contributed by atoms with E-state index in [2.05, 4.69) is 6.92 Å². The number of carbonyl (C=O) groups excluding carboxylic acids is 1. The Morgan fingerprint density at radius 2 is 1.67 bits per heavy atom. The van der Waals surface area contributed by atoms with E-state index in [-0.39, 0.29) is 31.4 Å². The highest BCUT2D eigenvalue weighted by Crippen LogP contribution is 2.15. The second kappa shape index (κ2) is 12.4. The van der Waals surface area contributed by atoms with Crippen LogP contribution < -0.4 is 5.73 Å². The molecule has 1 aromatic carbocycles. The van der Waals surface area contributed by atoms with Crippen LogP contribution in [0.3, 0.4) is 0 Å². The third-order valence-corrected chi connectivity index (χ3v) is 4.30. The van der Waals surface area contributed by atoms with Crippen LogP contribution in [-0.4, -0.2) is 34.7 Å². The molecule has 0 fully saturated rings. The van der Waals surface area contributed by atoms with Crippen molar-refractivity contribution >= 4 is 18.2 Å². The van der Waals surface area contributed by atoms with E-state index in [0.29, 0.717) is 12.8 Å². The zero-order valence-electron chi connectivity index (χ0n) is 14.7. The van der Waals surface area contributed by atoms with Gasteiger partial charge < -0.3 is 15.9 Å². The molecule has 0 saturated heterocycles. The molecule has 0 aliphatic rings. The zero-order valence-corrected chi connectivity index (χ0v) is 15.5. The highest BCUT2D eigenvalue weighted by molar-refractivity contribution is 5.96. The quantitative estimate of drug-likeness (QED) is 0.396. The molecule has 0 spiro atoms. The van der Waals surface area contributed by atoms with Crippen molar-refractivity contribution in [3.05, 3.63) is 35.4 Å². The summed E-state index contributed by atoms with van der Waals surface area (Å²) in [7, 11) is 0. The van der Waals surface area contributed by atoms with Gasteiger partial charge in [0.05, 0.1) is 18.8 Å². The average molecular weight is 358 g/mol. The first-order valence-electron chi connectivity index (χ1n) is 8.67. The number of carbonyl (C=O) groups is 1. The Balaban J connectivity index is 0.00000529. The number of benzene rings is 1. The Morgan fingerprint density at radius 3 is 2.21 bits per heavy atom. The lowest BCUT2D eigenvalue weighted by atomic mass is 9.94. The van der Waals surface area contributed by atoms with Crippen molar-refractivity contribution in [2.75, 3.05) is 13.2 Å². The lowest BCUT2D eigenvalue weighted by Gasteiger charge is -2.24. The van der Waals surface area contributed by atoms with Gasteiger partial charge in [0.2, 0.25) is 0 Å². The second-order valence-electron chi connectivity index (χ2n) is 6.46. The minimum Gasteiger partial charge on any atom is -0.394 e. The summed E-state index contributed by atoms with van der Waals surface area (Å²) in [5.74, 6) is 0.217. The smallest absolute Gasteiger partial charge is 0.162 e. The average Bonchev–Trinajstić information content (AvgIpc) is 2.59. The third kappa shape index (κ3) is 8.25. The lowest BCUT2D eigenvalue weighted by molar-refractivity contribution is 0.0979. The molecule has 0 amide bonds. The van der Waals surface area contributed by atoms with E-state index in [1.807, 2.05) is 24.3 Å². The summed E-state index contributed by atoms with van der Waals surface area (Å²) in [4.78, 5) is 12.1. The van der Waals surface area contributed by atoms with Gasteiger partial charge in [-0.05, 0) is 31.2 Å². The predicted molar refractivity (Wildman–Crippen MR) is 101 cm³/mol. The van der Waals surface area contributed by atoms with E-state index < -0.39 is 5.54 Å². The maximum Gasteiger partial charge on any atom is 0.162 e. The largest absolute Gasteiger partial charge is 0.394 e. The van der Waals surface area contributed by atoms with Crippen molar-refractivity contribution in [3.8, 4) is 0 Å². The highest BCUT2D eigenvalue weighted by atomic mass is 35.5. The number of aryl methyl sites for hydroxylation is 1. The minimum absolute atomic E-state index is 0. The first-order valence-corrected chi connectivity index (χ1v) is 8.67. The summed E-state index contributed by atoms with van der Waals surface area (Å²) in [5, 5.41) is 18.3. The van der Waals surface area contributed by atoms with Crippen LogP contribution >= 0.6 is 12.4 Å². The van der Waals surface area contributed by atoms with E-state index in [4.69, 9.17) is 15.9 Å². The van der Waals surface area contributed by atoms with Crippen molar-refractivity contribution < 1.29 is 15.0 Å². The molecule has 4 nitrogen and oxygen atoms in total. The number of unbranched alkanes of at least 4 members (excludes halogenated alkanes) is 3. The molecule has 0 saturated carbocycles. The van der Waals surface area contributed by atoms with Gasteiger partial charge in [0, 0.05) is 12.0 Å². The highest BCUT2D eigenvalue weighted by Gasteiger charge is 2.22. The molecule has 0 radical (unpaired) electrons. The van der Waals surface area contributed by atoms with E-state index in [9.17, 15) is 4.79 Å². The minimum atomic E-state index is -0.894. The van der Waals surface area contributed by atoms with Crippen LogP contribution in [-0.2, 0) is 6.42 Å². The lowest BCUT2D eigenvalue weighted by Crippen LogP contribution is -2.47. The van der Waals surface area contributed by atoms with Crippen molar-refractivity contribution in [3.63, 3.8) is 0 Å². The normalized spacial score (nSPS) is 11.2. The Labute approximate surface area is 151 Å². The number of Topliss-reactive ketones (excluding diaryl/α,β-unsaturated/α-hetero) is 1. The monoisotopic (exact) mass is 357 g/mol. The topological polar surface area (TPSA) is 83.6 Å². The van der Waals surface area contributed by atoms with Gasteiger partial charge in [-0.25, -0.2) is 0 Å². The van der Waals surface area contributed by atoms with Gasteiger partial charge in [-0.1, -0.05) is 50.5 Å². The van der Waals surface area contributed by atoms with Gasteiger partial charge in [-0.2, -0.15) is 0 Å². The number of ketones is 1. The molecule has 0 aliphatic heterocycles. The van der Waals surface area contributed by atoms with Gasteiger partial charge in [-0.15, -0.1) is 12.4 Å². The second-order valence-corrected chi connectivity index (χ2v) is 6.46. The van der Waals surface area contributed by atoms with Crippen LogP contribution in [0.15, 0.2) is 24.3 Å². The molecule has 24 heavy (non-hydrogen) atoms. The fourth-order valence-corrected chi connectivity index (χ4v) is 2.57. The van der Waals surface area contributed by atoms with Crippen LogP contribution in [0.25, 0.3) is 0 Å². The molecule has 0 atom stereocenters. The number of hydrogen-bond acceptors (Lipinski definition) is 4. The van der Waals surface area contributed by atoms with Crippen LogP contribution in [0.1, 0.15) is 67.8 Å². The summed E-state index contributed by atoms with van der Waals surface area (Å²) in [6.45, 7) is 1.74. The summed E-state index contributed by atoms with van der Waals surface area (Å²) in [6.07, 6.45) is 7.27. The molecular formula is C19H32ClNO3. The van der Waals surface area contributed by atoms with Crippen molar-refractivity contribution in [2.24, 2.45) is 5.73 Å². The molecule has 0 unspecified atom stereocenters. The molecule has 138 valence electrons. The predicted octanol–water partition coefficient (Wildman–Crippen LogP) is 3.27. The molecule has 0 bridgehead atoms. The van der Waals surface area contributed by atoms with Crippen molar-refractivity contribution in [1.82, 2.24) is 0 Å². The molecule has 5 heteroatoms. The number of aliphatic hydroxyl groups is 2. The van der Waals surface area contributed by atoms with Crippen LogP contribution in [0.4, 0.5) is 0 Å². The SMILES string of the molecule is CCCCCCC(=O)c1ccc(CCCC(N)(CO)CO)cc1.Cl. The number of rotatable bonds is 12. The van der Waals surface area contributed by atoms with E-state index in [0.717, 1.165) is 36.8 Å². The Bertz CT molecular complexity index is 458. The van der Waals surface area contributed by atoms with Crippen molar-refractivity contribution in [1.29, 1.82) is 0 Å². The number of hydrogen-bond donors (Lipinski definition) is 3. The Kier molecular flexibility index (Phi) is 11.9. The van der Waals surface area contributed by atoms with Crippen LogP contribution in [0, 0.1) is 0 Å². The molecule has 0 heterocycles. The number of nitrogens with two attached hydrogens (primary N) is 1. The molecule has 1 aromatic rings. The molecule has 1 rings (SSSR count). The fraction of sp³-hybridized carbons (Fsp3) is 0.632. The Morgan fingerprint density at radius 1 is 1.04 bits per heavy atom. The van der Waals surface area contributed by atoms with Crippen LogP contribution in [0.2, 0.25) is 0 Å². The molecular weight excluding hydrogens is 326 g/mol. The van der Waals surface area contributed by atoms with Crippen molar-refractivity contribution in [2.45, 2.75) is 63.8 Å². The van der Waals surface area contributed by atoms with E-state index in [1.165, 1.54) is 12.8 Å². The Hall–Kier alpha value is -0.940. The summed E-state index contributed by atoms with van der Waals surface area (Å²) < 4.78 is 0. The fourth-order valence-electron chi connectivity index (χ4n) is 2.57. The van der Waals surface area contributed by atoms with Gasteiger partial charge in [-0.3, -0.25) is 4.79 Å². The first kappa shape index (κ1) is 23.1. The standard InChI is InChI=1S/C19H31NO3.ClH/c1-2-3-4-5-8-18(23)17-11-9-16(10-12-17)7-6-13-19(20,14-21)15-22;/h9-12,21-22H,2-8,13-15,20H2,1H3;1H. The van der Waals surface area contributed by atoms with E-state index >= 15 is 0 Å². The molecule has 0 aliphatic carbocycles. The molecule has 4 N–H and O–H groups in total. The maximum atomic E-state index is 12.1. The number of aliphatic hydroxyl groups excluding tert-OH is 2. The number of halogens is 1. The summed E-state index contributed by atoms with van der Waals surface area (Å²) >= 11 is 0. The summed E-state index contributed by atoms with van der Waals surface area (Å²) in [5.41, 5.74) is 6.88. The van der Waals surface area contributed by atoms with Gasteiger partial charge in [0.15, 0.2) is 5.78 Å². The maximum absolute atomic E-state index is 12.1. The zero-order chi connectivity index (χ0) is 17.1. The molecule has 0 aromatic heterocycles. The third-order valence-electron chi connectivity index (χ3n) is 4.30. The van der Waals surface area contributed by atoms with E-state index in [1.54, 1.807) is 0 Å². The summed E-state index contributed by atoms with van der Waals surface area (Å²) in [6, 6.07) is 7.75. The van der Waals surface area contributed by atoms with Gasteiger partial charge in [0.25, 0.3) is 0 Å².